The number of hydrogen-bond donors (Lipinski definition) is 0. The molecule has 0 unspecified atom stereocenters. The monoisotopic (exact) mass is 252 g/mol. The number of likely N-dealkylation sites (N-methyl/N-ethyl adjacent to an activating group) is 1. The summed E-state index contributed by atoms with van der Waals surface area (Å²) < 4.78 is 0. The van der Waals surface area contributed by atoms with Crippen molar-refractivity contribution in [3.63, 3.8) is 0 Å². The van der Waals surface area contributed by atoms with Crippen LogP contribution in [0, 0.1) is 0 Å². The van der Waals surface area contributed by atoms with Crippen molar-refractivity contribution >= 4 is 11.6 Å². The van der Waals surface area contributed by atoms with Crippen LogP contribution in [0.25, 0.3) is 0 Å². The van der Waals surface area contributed by atoms with E-state index < -0.39 is 0 Å². The van der Waals surface area contributed by atoms with Crippen LogP contribution >= 0.6 is 0 Å². The molecule has 0 saturated carbocycles. The Labute approximate surface area is 113 Å². The van der Waals surface area contributed by atoms with E-state index in [1.807, 2.05) is 55.8 Å². The summed E-state index contributed by atoms with van der Waals surface area (Å²) in [5.41, 5.74) is 2.89. The van der Waals surface area contributed by atoms with E-state index in [-0.39, 0.29) is 5.91 Å². The first kappa shape index (κ1) is 13.0. The zero-order valence-corrected chi connectivity index (χ0v) is 11.1. The standard InChI is InChI=1S/C16H16N2O/c1-13(19)17-15-9-6-14(7-10-15)8-11-16-5-3-4-12-18(16)2/h3-12H,1-2H3/b14-8?,16-11+,17-15?. The lowest BCUT2D eigenvalue weighted by Gasteiger charge is -2.17. The fourth-order valence-electron chi connectivity index (χ4n) is 1.73. The summed E-state index contributed by atoms with van der Waals surface area (Å²) in [6.45, 7) is 1.45. The fourth-order valence-corrected chi connectivity index (χ4v) is 1.73. The molecule has 96 valence electrons. The Balaban J connectivity index is 2.10. The van der Waals surface area contributed by atoms with Crippen LogP contribution in [0.5, 0.6) is 0 Å². The van der Waals surface area contributed by atoms with Crippen molar-refractivity contribution in [2.45, 2.75) is 6.92 Å². The minimum atomic E-state index is -0.181. The second-order valence-corrected chi connectivity index (χ2v) is 4.29. The minimum absolute atomic E-state index is 0.181. The molecule has 0 aromatic rings. The Morgan fingerprint density at radius 1 is 1.11 bits per heavy atom. The molecule has 0 saturated heterocycles. The summed E-state index contributed by atoms with van der Waals surface area (Å²) in [6.07, 6.45) is 19.7. The molecule has 0 fully saturated rings. The lowest BCUT2D eigenvalue weighted by atomic mass is 10.1. The summed E-state index contributed by atoms with van der Waals surface area (Å²) >= 11 is 0. The van der Waals surface area contributed by atoms with Crippen molar-refractivity contribution in [3.8, 4) is 0 Å². The molecule has 0 aromatic heterocycles. The Hall–Kier alpha value is -2.42. The third kappa shape index (κ3) is 3.78. The molecule has 0 atom stereocenters. The van der Waals surface area contributed by atoms with Crippen LogP contribution in [-0.4, -0.2) is 23.6 Å². The molecule has 1 aliphatic heterocycles. The van der Waals surface area contributed by atoms with Crippen molar-refractivity contribution in [2.24, 2.45) is 4.99 Å². The Kier molecular flexibility index (Phi) is 4.08. The summed E-state index contributed by atoms with van der Waals surface area (Å²) in [6, 6.07) is 0. The highest BCUT2D eigenvalue weighted by Gasteiger charge is 2.00. The molecule has 0 bridgehead atoms. The Morgan fingerprint density at radius 3 is 2.47 bits per heavy atom. The number of rotatable bonds is 1. The summed E-state index contributed by atoms with van der Waals surface area (Å²) in [5.74, 6) is -0.181. The van der Waals surface area contributed by atoms with Crippen molar-refractivity contribution < 1.29 is 4.79 Å². The van der Waals surface area contributed by atoms with Crippen LogP contribution in [-0.2, 0) is 4.79 Å². The predicted molar refractivity (Wildman–Crippen MR) is 78.6 cm³/mol. The normalized spacial score (nSPS) is 19.3. The molecule has 1 heterocycles. The maximum absolute atomic E-state index is 10.9. The maximum atomic E-state index is 10.9. The van der Waals surface area contributed by atoms with E-state index in [0.29, 0.717) is 5.71 Å². The molecule has 1 amide bonds. The van der Waals surface area contributed by atoms with Crippen molar-refractivity contribution in [2.75, 3.05) is 7.05 Å². The van der Waals surface area contributed by atoms with Gasteiger partial charge in [-0.1, -0.05) is 24.3 Å². The van der Waals surface area contributed by atoms with Crippen LogP contribution < -0.4 is 0 Å². The van der Waals surface area contributed by atoms with Crippen LogP contribution in [0.3, 0.4) is 0 Å². The number of allylic oxidation sites excluding steroid dienone is 10. The number of nitrogens with zero attached hydrogens (tertiary/aromatic N) is 2. The molecular formula is C16H16N2O. The van der Waals surface area contributed by atoms with Gasteiger partial charge >= 0.3 is 0 Å². The number of carbonyl (C=O) groups is 1. The van der Waals surface area contributed by atoms with E-state index in [9.17, 15) is 4.79 Å². The largest absolute Gasteiger partial charge is 0.351 e. The van der Waals surface area contributed by atoms with Gasteiger partial charge in [-0.25, -0.2) is 4.99 Å². The van der Waals surface area contributed by atoms with Gasteiger partial charge < -0.3 is 4.90 Å². The van der Waals surface area contributed by atoms with Crippen molar-refractivity contribution in [1.29, 1.82) is 0 Å². The number of amides is 1. The zero-order valence-electron chi connectivity index (χ0n) is 11.1. The second kappa shape index (κ2) is 5.96. The molecule has 1 aliphatic carbocycles. The lowest BCUT2D eigenvalue weighted by molar-refractivity contribution is -0.115. The zero-order chi connectivity index (χ0) is 13.7. The van der Waals surface area contributed by atoms with E-state index in [2.05, 4.69) is 22.0 Å². The molecule has 19 heavy (non-hydrogen) atoms. The van der Waals surface area contributed by atoms with Gasteiger partial charge in [0.05, 0.1) is 5.71 Å². The highest BCUT2D eigenvalue weighted by molar-refractivity contribution is 6.10. The number of aliphatic imine (C=N–C) groups is 1. The van der Waals surface area contributed by atoms with Gasteiger partial charge in [-0.05, 0) is 36.0 Å². The summed E-state index contributed by atoms with van der Waals surface area (Å²) in [4.78, 5) is 16.8. The third-order valence-electron chi connectivity index (χ3n) is 2.72. The van der Waals surface area contributed by atoms with Gasteiger partial charge in [-0.3, -0.25) is 4.79 Å². The average molecular weight is 252 g/mol. The molecule has 2 aliphatic rings. The van der Waals surface area contributed by atoms with Gasteiger partial charge in [-0.2, -0.15) is 0 Å². The topological polar surface area (TPSA) is 32.7 Å². The number of carbonyl (C=O) groups excluding carboxylic acids is 1. The smallest absolute Gasteiger partial charge is 0.243 e. The molecule has 0 N–H and O–H groups in total. The summed E-state index contributed by atoms with van der Waals surface area (Å²) in [7, 11) is 2.01. The van der Waals surface area contributed by atoms with Crippen molar-refractivity contribution in [1.82, 2.24) is 4.90 Å². The van der Waals surface area contributed by atoms with Crippen molar-refractivity contribution in [3.05, 3.63) is 72.2 Å². The third-order valence-corrected chi connectivity index (χ3v) is 2.72. The van der Waals surface area contributed by atoms with Crippen LogP contribution in [0.15, 0.2) is 77.1 Å². The predicted octanol–water partition coefficient (Wildman–Crippen LogP) is 2.93. The first-order valence-electron chi connectivity index (χ1n) is 6.10. The van der Waals surface area contributed by atoms with E-state index >= 15 is 0 Å². The summed E-state index contributed by atoms with van der Waals surface area (Å²) in [5, 5.41) is 0. The number of hydrogen-bond acceptors (Lipinski definition) is 2. The maximum Gasteiger partial charge on any atom is 0.243 e. The van der Waals surface area contributed by atoms with E-state index in [0.717, 1.165) is 11.3 Å². The molecular weight excluding hydrogens is 236 g/mol. The Morgan fingerprint density at radius 2 is 1.84 bits per heavy atom. The van der Waals surface area contributed by atoms with Gasteiger partial charge in [0.15, 0.2) is 0 Å². The SMILES string of the molecule is CC(=O)N=C1C=CC(=C/C=C2\C=CC=CN2C)C=C1. The lowest BCUT2D eigenvalue weighted by Crippen LogP contribution is -2.09. The van der Waals surface area contributed by atoms with Crippen LogP contribution in [0.2, 0.25) is 0 Å². The molecule has 0 aromatic carbocycles. The molecule has 2 rings (SSSR count). The van der Waals surface area contributed by atoms with Gasteiger partial charge in [-0.15, -0.1) is 0 Å². The highest BCUT2D eigenvalue weighted by atomic mass is 16.1. The van der Waals surface area contributed by atoms with Gasteiger partial charge in [0.2, 0.25) is 5.91 Å². The molecule has 0 radical (unpaired) electrons. The fraction of sp³-hybridized carbons (Fsp3) is 0.125. The first-order chi connectivity index (χ1) is 9.15. The van der Waals surface area contributed by atoms with Crippen LogP contribution in [0.1, 0.15) is 6.92 Å². The average Bonchev–Trinajstić information content (AvgIpc) is 2.39. The quantitative estimate of drug-likeness (QED) is 0.718. The molecule has 0 spiro atoms. The molecule has 3 heteroatoms. The van der Waals surface area contributed by atoms with E-state index in [1.165, 1.54) is 6.92 Å². The molecule has 3 nitrogen and oxygen atoms in total. The van der Waals surface area contributed by atoms with E-state index in [1.54, 1.807) is 0 Å². The van der Waals surface area contributed by atoms with Crippen LogP contribution in [0.4, 0.5) is 0 Å². The first-order valence-corrected chi connectivity index (χ1v) is 6.10. The highest BCUT2D eigenvalue weighted by Crippen LogP contribution is 2.12. The Bertz CT molecular complexity index is 566. The van der Waals surface area contributed by atoms with Gasteiger partial charge in [0.25, 0.3) is 0 Å². The van der Waals surface area contributed by atoms with Gasteiger partial charge in [0, 0.05) is 25.9 Å². The second-order valence-electron chi connectivity index (χ2n) is 4.29. The van der Waals surface area contributed by atoms with E-state index in [4.69, 9.17) is 0 Å². The minimum Gasteiger partial charge on any atom is -0.351 e. The van der Waals surface area contributed by atoms with Gasteiger partial charge in [0.1, 0.15) is 0 Å².